The van der Waals surface area contributed by atoms with Crippen LogP contribution in [0.5, 0.6) is 0 Å². The highest BCUT2D eigenvalue weighted by atomic mass is 15.3. The molecule has 4 aliphatic rings. The highest BCUT2D eigenvalue weighted by molar-refractivity contribution is 5.79. The SMILES string of the molecule is CCCCN=C(NN)NC(C)C12CC3CC(CC(C3)C1)C2. The summed E-state index contributed by atoms with van der Waals surface area (Å²) in [6.45, 7) is 5.40. The van der Waals surface area contributed by atoms with Gasteiger partial charge in [0.15, 0.2) is 0 Å². The molecule has 4 rings (SSSR count). The number of nitrogens with zero attached hydrogens (tertiary/aromatic N) is 1. The lowest BCUT2D eigenvalue weighted by molar-refractivity contribution is -0.0673. The normalized spacial score (nSPS) is 39.4. The van der Waals surface area contributed by atoms with E-state index in [1.54, 1.807) is 0 Å². The number of nitrogens with one attached hydrogen (secondary N) is 2. The first-order chi connectivity index (χ1) is 10.1. The minimum atomic E-state index is 0.474. The average Bonchev–Trinajstić information content (AvgIpc) is 2.44. The van der Waals surface area contributed by atoms with Crippen molar-refractivity contribution in [1.82, 2.24) is 10.7 Å². The van der Waals surface area contributed by atoms with Gasteiger partial charge >= 0.3 is 0 Å². The molecule has 0 saturated heterocycles. The van der Waals surface area contributed by atoms with Crippen LogP contribution in [0.15, 0.2) is 4.99 Å². The highest BCUT2D eigenvalue weighted by Gasteiger charge is 2.53. The lowest BCUT2D eigenvalue weighted by Crippen LogP contribution is -2.58. The molecule has 0 amide bonds. The number of hydrogen-bond acceptors (Lipinski definition) is 2. The minimum Gasteiger partial charge on any atom is -0.352 e. The fourth-order valence-electron chi connectivity index (χ4n) is 5.55. The molecule has 0 aromatic carbocycles. The van der Waals surface area contributed by atoms with Crippen LogP contribution >= 0.6 is 0 Å². The van der Waals surface area contributed by atoms with Gasteiger partial charge in [-0.15, -0.1) is 0 Å². The van der Waals surface area contributed by atoms with E-state index in [1.807, 2.05) is 0 Å². The maximum absolute atomic E-state index is 5.65. The Morgan fingerprint density at radius 2 is 1.76 bits per heavy atom. The van der Waals surface area contributed by atoms with E-state index in [4.69, 9.17) is 5.84 Å². The number of aliphatic imine (C=N–C) groups is 1. The fourth-order valence-corrected chi connectivity index (χ4v) is 5.55. The average molecular weight is 292 g/mol. The summed E-state index contributed by atoms with van der Waals surface area (Å²) < 4.78 is 0. The summed E-state index contributed by atoms with van der Waals surface area (Å²) in [6, 6.07) is 0.474. The van der Waals surface area contributed by atoms with Crippen LogP contribution in [0.4, 0.5) is 0 Å². The van der Waals surface area contributed by atoms with Crippen molar-refractivity contribution in [2.75, 3.05) is 6.54 Å². The summed E-state index contributed by atoms with van der Waals surface area (Å²) in [6.07, 6.45) is 11.0. The van der Waals surface area contributed by atoms with E-state index in [0.717, 1.165) is 36.7 Å². The Labute approximate surface area is 129 Å². The third-order valence-electron chi connectivity index (χ3n) is 6.28. The summed E-state index contributed by atoms with van der Waals surface area (Å²) in [5.74, 6) is 9.41. The molecule has 0 aromatic rings. The second kappa shape index (κ2) is 6.15. The van der Waals surface area contributed by atoms with Gasteiger partial charge in [0.25, 0.3) is 0 Å². The summed E-state index contributed by atoms with van der Waals surface area (Å²) in [5.41, 5.74) is 3.26. The van der Waals surface area contributed by atoms with Gasteiger partial charge in [-0.1, -0.05) is 13.3 Å². The zero-order valence-electron chi connectivity index (χ0n) is 13.7. The first-order valence-electron chi connectivity index (χ1n) is 8.93. The minimum absolute atomic E-state index is 0.474. The Morgan fingerprint density at radius 1 is 1.19 bits per heavy atom. The Morgan fingerprint density at radius 3 is 2.24 bits per heavy atom. The molecule has 0 heterocycles. The van der Waals surface area contributed by atoms with Gasteiger partial charge in [0, 0.05) is 12.6 Å². The summed E-state index contributed by atoms with van der Waals surface area (Å²) >= 11 is 0. The summed E-state index contributed by atoms with van der Waals surface area (Å²) in [4.78, 5) is 4.57. The molecule has 1 unspecified atom stereocenters. The standard InChI is InChI=1S/C17H32N4/c1-3-4-5-19-16(21-18)20-12(2)17-9-13-6-14(10-17)8-15(7-13)11-17/h12-15H,3-11,18H2,1-2H3,(H2,19,20,21). The van der Waals surface area contributed by atoms with Crippen LogP contribution < -0.4 is 16.6 Å². The zero-order chi connectivity index (χ0) is 14.9. The predicted molar refractivity (Wildman–Crippen MR) is 87.7 cm³/mol. The summed E-state index contributed by atoms with van der Waals surface area (Å²) in [5, 5.41) is 3.60. The van der Waals surface area contributed by atoms with Crippen molar-refractivity contribution in [2.45, 2.75) is 71.3 Å². The lowest BCUT2D eigenvalue weighted by atomic mass is 9.48. The molecule has 0 aromatic heterocycles. The Balaban J connectivity index is 1.64. The van der Waals surface area contributed by atoms with Crippen molar-refractivity contribution in [1.29, 1.82) is 0 Å². The number of nitrogens with two attached hydrogens (primary N) is 1. The van der Waals surface area contributed by atoms with Crippen molar-refractivity contribution in [2.24, 2.45) is 34.0 Å². The Kier molecular flexibility index (Phi) is 4.43. The largest absolute Gasteiger partial charge is 0.352 e. The molecule has 1 atom stereocenters. The van der Waals surface area contributed by atoms with Crippen LogP contribution in [0.1, 0.15) is 65.2 Å². The van der Waals surface area contributed by atoms with Gasteiger partial charge in [-0.05, 0) is 75.0 Å². The van der Waals surface area contributed by atoms with Gasteiger partial charge < -0.3 is 5.32 Å². The van der Waals surface area contributed by atoms with Crippen molar-refractivity contribution in [3.63, 3.8) is 0 Å². The van der Waals surface area contributed by atoms with E-state index >= 15 is 0 Å². The van der Waals surface area contributed by atoms with Crippen LogP contribution in [0.25, 0.3) is 0 Å². The molecular weight excluding hydrogens is 260 g/mol. The highest BCUT2D eigenvalue weighted by Crippen LogP contribution is 2.61. The van der Waals surface area contributed by atoms with E-state index in [2.05, 4.69) is 29.6 Å². The summed E-state index contributed by atoms with van der Waals surface area (Å²) in [7, 11) is 0. The number of hydrogen-bond donors (Lipinski definition) is 3. The molecule has 0 aliphatic heterocycles. The van der Waals surface area contributed by atoms with Crippen LogP contribution in [-0.4, -0.2) is 18.5 Å². The van der Waals surface area contributed by atoms with Crippen LogP contribution in [0.3, 0.4) is 0 Å². The number of hydrazine groups is 1. The van der Waals surface area contributed by atoms with Crippen LogP contribution in [0, 0.1) is 23.2 Å². The van der Waals surface area contributed by atoms with E-state index in [0.29, 0.717) is 11.5 Å². The topological polar surface area (TPSA) is 62.4 Å². The lowest BCUT2D eigenvalue weighted by Gasteiger charge is -2.59. The maximum Gasteiger partial charge on any atom is 0.205 e. The van der Waals surface area contributed by atoms with Gasteiger partial charge in [0.1, 0.15) is 0 Å². The molecule has 120 valence electrons. The number of unbranched alkanes of at least 4 members (excludes halogenated alkanes) is 1. The van der Waals surface area contributed by atoms with E-state index in [-0.39, 0.29) is 0 Å². The first kappa shape index (κ1) is 15.1. The van der Waals surface area contributed by atoms with Crippen LogP contribution in [0.2, 0.25) is 0 Å². The third-order valence-corrected chi connectivity index (χ3v) is 6.28. The molecule has 0 spiro atoms. The van der Waals surface area contributed by atoms with Crippen LogP contribution in [-0.2, 0) is 0 Å². The number of guanidine groups is 1. The molecule has 4 nitrogen and oxygen atoms in total. The molecule has 4 fully saturated rings. The monoisotopic (exact) mass is 292 g/mol. The molecule has 4 saturated carbocycles. The van der Waals surface area contributed by atoms with Crippen molar-refractivity contribution >= 4 is 5.96 Å². The van der Waals surface area contributed by atoms with E-state index < -0.39 is 0 Å². The molecule has 4 heteroatoms. The van der Waals surface area contributed by atoms with E-state index in [1.165, 1.54) is 44.9 Å². The predicted octanol–water partition coefficient (Wildman–Crippen LogP) is 2.80. The molecule has 4 aliphatic carbocycles. The van der Waals surface area contributed by atoms with Crippen molar-refractivity contribution in [3.8, 4) is 0 Å². The van der Waals surface area contributed by atoms with Crippen molar-refractivity contribution in [3.05, 3.63) is 0 Å². The molecule has 21 heavy (non-hydrogen) atoms. The smallest absolute Gasteiger partial charge is 0.205 e. The Hall–Kier alpha value is -0.770. The van der Waals surface area contributed by atoms with Gasteiger partial charge in [0.2, 0.25) is 5.96 Å². The molecular formula is C17H32N4. The first-order valence-corrected chi connectivity index (χ1v) is 8.93. The second-order valence-corrected chi connectivity index (χ2v) is 7.87. The quantitative estimate of drug-likeness (QED) is 0.240. The number of rotatable bonds is 5. The molecule has 4 N–H and O–H groups in total. The fraction of sp³-hybridized carbons (Fsp3) is 0.941. The zero-order valence-corrected chi connectivity index (χ0v) is 13.7. The van der Waals surface area contributed by atoms with Gasteiger partial charge in [0.05, 0.1) is 0 Å². The van der Waals surface area contributed by atoms with Gasteiger partial charge in [-0.2, -0.15) is 0 Å². The second-order valence-electron chi connectivity index (χ2n) is 7.87. The maximum atomic E-state index is 5.65. The molecule has 0 radical (unpaired) electrons. The Bertz CT molecular complexity index is 355. The van der Waals surface area contributed by atoms with Gasteiger partial charge in [-0.25, -0.2) is 5.84 Å². The third kappa shape index (κ3) is 3.05. The molecule has 4 bridgehead atoms. The van der Waals surface area contributed by atoms with Crippen molar-refractivity contribution < 1.29 is 0 Å². The van der Waals surface area contributed by atoms with E-state index in [9.17, 15) is 0 Å². The van der Waals surface area contributed by atoms with Gasteiger partial charge in [-0.3, -0.25) is 10.4 Å².